The minimum absolute atomic E-state index is 0.0905. The van der Waals surface area contributed by atoms with Gasteiger partial charge in [-0.05, 0) is 12.8 Å². The Balaban J connectivity index is 3.87. The smallest absolute Gasteiger partial charge is 0.164 e. The number of hydrogen-bond donors (Lipinski definition) is 0. The Morgan fingerprint density at radius 3 is 2.27 bits per heavy atom. The molecule has 0 heterocycles. The van der Waals surface area contributed by atoms with E-state index in [1.807, 2.05) is 13.8 Å². The van der Waals surface area contributed by atoms with Crippen molar-refractivity contribution in [2.75, 3.05) is 6.61 Å². The first-order valence-electron chi connectivity index (χ1n) is 6.28. The minimum atomic E-state index is -0.160. The number of ether oxygens (including phenoxy) is 1. The number of ketones is 1. The summed E-state index contributed by atoms with van der Waals surface area (Å²) in [4.78, 5) is 11.8. The fourth-order valence-corrected chi connectivity index (χ4v) is 1.52. The van der Waals surface area contributed by atoms with Crippen LogP contribution in [0.2, 0.25) is 0 Å². The molecule has 0 aliphatic heterocycles. The molecule has 0 bridgehead atoms. The minimum Gasteiger partial charge on any atom is -0.370 e. The molecule has 0 fully saturated rings. The van der Waals surface area contributed by atoms with Crippen molar-refractivity contribution in [3.05, 3.63) is 0 Å². The number of carbonyl (C=O) groups excluding carboxylic acids is 1. The summed E-state index contributed by atoms with van der Waals surface area (Å²) < 4.78 is 5.66. The van der Waals surface area contributed by atoms with Crippen molar-refractivity contribution in [3.63, 3.8) is 0 Å². The number of rotatable bonds is 9. The van der Waals surface area contributed by atoms with Crippen LogP contribution < -0.4 is 0 Å². The zero-order valence-electron chi connectivity index (χ0n) is 10.7. The summed E-state index contributed by atoms with van der Waals surface area (Å²) in [5.41, 5.74) is 0. The second-order valence-corrected chi connectivity index (χ2v) is 4.41. The average Bonchev–Trinajstić information content (AvgIpc) is 2.21. The molecular weight excluding hydrogens is 188 g/mol. The van der Waals surface area contributed by atoms with Crippen molar-refractivity contribution in [1.82, 2.24) is 0 Å². The molecule has 0 aliphatic carbocycles. The second kappa shape index (κ2) is 8.90. The lowest BCUT2D eigenvalue weighted by atomic mass is 10.0. The lowest BCUT2D eigenvalue weighted by molar-refractivity contribution is -0.134. The molecular formula is C13H26O2. The SMILES string of the molecule is CCCCCO[C@@H](CCC)C(=O)C(C)C. The van der Waals surface area contributed by atoms with Crippen molar-refractivity contribution in [1.29, 1.82) is 0 Å². The van der Waals surface area contributed by atoms with Gasteiger partial charge in [-0.3, -0.25) is 4.79 Å². The third-order valence-corrected chi connectivity index (χ3v) is 2.50. The molecule has 0 aromatic heterocycles. The lowest BCUT2D eigenvalue weighted by Crippen LogP contribution is -2.28. The largest absolute Gasteiger partial charge is 0.370 e. The number of Topliss-reactive ketones (excluding diaryl/α,β-unsaturated/α-hetero) is 1. The summed E-state index contributed by atoms with van der Waals surface area (Å²) in [7, 11) is 0. The standard InChI is InChI=1S/C13H26O2/c1-5-7-8-10-15-12(9-6-2)13(14)11(3)4/h11-12H,5-10H2,1-4H3/t12-/m0/s1. The summed E-state index contributed by atoms with van der Waals surface area (Å²) in [5.74, 6) is 0.348. The van der Waals surface area contributed by atoms with E-state index in [1.54, 1.807) is 0 Å². The van der Waals surface area contributed by atoms with Crippen molar-refractivity contribution in [2.24, 2.45) is 5.92 Å². The van der Waals surface area contributed by atoms with E-state index in [4.69, 9.17) is 4.74 Å². The molecule has 1 atom stereocenters. The second-order valence-electron chi connectivity index (χ2n) is 4.41. The summed E-state index contributed by atoms with van der Waals surface area (Å²) in [6.45, 7) is 8.89. The highest BCUT2D eigenvalue weighted by atomic mass is 16.5. The number of carbonyl (C=O) groups is 1. The first-order valence-corrected chi connectivity index (χ1v) is 6.28. The molecule has 0 aromatic rings. The molecule has 0 aromatic carbocycles. The van der Waals surface area contributed by atoms with Crippen LogP contribution in [0.25, 0.3) is 0 Å². The summed E-state index contributed by atoms with van der Waals surface area (Å²) >= 11 is 0. The van der Waals surface area contributed by atoms with Gasteiger partial charge in [0.15, 0.2) is 5.78 Å². The molecule has 90 valence electrons. The van der Waals surface area contributed by atoms with Gasteiger partial charge >= 0.3 is 0 Å². The highest BCUT2D eigenvalue weighted by molar-refractivity contribution is 5.84. The monoisotopic (exact) mass is 214 g/mol. The van der Waals surface area contributed by atoms with Gasteiger partial charge in [-0.1, -0.05) is 47.0 Å². The average molecular weight is 214 g/mol. The van der Waals surface area contributed by atoms with Gasteiger partial charge < -0.3 is 4.74 Å². The van der Waals surface area contributed by atoms with Crippen LogP contribution in [0.4, 0.5) is 0 Å². The fourth-order valence-electron chi connectivity index (χ4n) is 1.52. The summed E-state index contributed by atoms with van der Waals surface area (Å²) in [6, 6.07) is 0. The Kier molecular flexibility index (Phi) is 8.68. The molecule has 0 unspecified atom stereocenters. The quantitative estimate of drug-likeness (QED) is 0.548. The number of hydrogen-bond acceptors (Lipinski definition) is 2. The topological polar surface area (TPSA) is 26.3 Å². The maximum atomic E-state index is 11.8. The van der Waals surface area contributed by atoms with Gasteiger partial charge in [0.25, 0.3) is 0 Å². The zero-order valence-corrected chi connectivity index (χ0v) is 10.7. The maximum Gasteiger partial charge on any atom is 0.164 e. The van der Waals surface area contributed by atoms with E-state index >= 15 is 0 Å². The molecule has 0 spiro atoms. The molecule has 0 rings (SSSR count). The molecule has 15 heavy (non-hydrogen) atoms. The predicted molar refractivity (Wildman–Crippen MR) is 64.0 cm³/mol. The molecule has 0 N–H and O–H groups in total. The van der Waals surface area contributed by atoms with E-state index in [1.165, 1.54) is 12.8 Å². The predicted octanol–water partition coefficient (Wildman–Crippen LogP) is 3.59. The highest BCUT2D eigenvalue weighted by Gasteiger charge is 2.20. The van der Waals surface area contributed by atoms with Crippen molar-refractivity contribution >= 4 is 5.78 Å². The van der Waals surface area contributed by atoms with Gasteiger partial charge in [-0.25, -0.2) is 0 Å². The van der Waals surface area contributed by atoms with E-state index in [9.17, 15) is 4.79 Å². The van der Waals surface area contributed by atoms with Gasteiger partial charge in [0.05, 0.1) is 0 Å². The van der Waals surface area contributed by atoms with Crippen LogP contribution in [-0.2, 0) is 9.53 Å². The Bertz CT molecular complexity index is 164. The van der Waals surface area contributed by atoms with Crippen molar-refractivity contribution in [3.8, 4) is 0 Å². The van der Waals surface area contributed by atoms with E-state index in [-0.39, 0.29) is 17.8 Å². The summed E-state index contributed by atoms with van der Waals surface area (Å²) in [6.07, 6.45) is 5.17. The molecule has 0 saturated heterocycles. The maximum absolute atomic E-state index is 11.8. The molecule has 2 nitrogen and oxygen atoms in total. The van der Waals surface area contributed by atoms with Gasteiger partial charge in [-0.15, -0.1) is 0 Å². The summed E-state index contributed by atoms with van der Waals surface area (Å²) in [5, 5.41) is 0. The van der Waals surface area contributed by atoms with Gasteiger partial charge in [-0.2, -0.15) is 0 Å². The normalized spacial score (nSPS) is 13.1. The van der Waals surface area contributed by atoms with Crippen LogP contribution in [0.5, 0.6) is 0 Å². The van der Waals surface area contributed by atoms with Gasteiger partial charge in [0.2, 0.25) is 0 Å². The van der Waals surface area contributed by atoms with Crippen LogP contribution in [0, 0.1) is 5.92 Å². The van der Waals surface area contributed by atoms with Crippen LogP contribution in [0.3, 0.4) is 0 Å². The Hall–Kier alpha value is -0.370. The molecule has 0 amide bonds. The van der Waals surface area contributed by atoms with E-state index in [0.717, 1.165) is 25.9 Å². The number of unbranched alkanes of at least 4 members (excludes halogenated alkanes) is 2. The van der Waals surface area contributed by atoms with Crippen LogP contribution in [-0.4, -0.2) is 18.5 Å². The van der Waals surface area contributed by atoms with Crippen LogP contribution >= 0.6 is 0 Å². The zero-order chi connectivity index (χ0) is 11.7. The van der Waals surface area contributed by atoms with Crippen molar-refractivity contribution in [2.45, 2.75) is 65.9 Å². The van der Waals surface area contributed by atoms with E-state index < -0.39 is 0 Å². The molecule has 0 aliphatic rings. The first kappa shape index (κ1) is 14.6. The highest BCUT2D eigenvalue weighted by Crippen LogP contribution is 2.10. The van der Waals surface area contributed by atoms with Crippen molar-refractivity contribution < 1.29 is 9.53 Å². The Morgan fingerprint density at radius 2 is 1.80 bits per heavy atom. The fraction of sp³-hybridized carbons (Fsp3) is 0.923. The van der Waals surface area contributed by atoms with E-state index in [2.05, 4.69) is 13.8 Å². The van der Waals surface area contributed by atoms with Crippen LogP contribution in [0.15, 0.2) is 0 Å². The molecule has 0 saturated carbocycles. The van der Waals surface area contributed by atoms with Gasteiger partial charge in [0, 0.05) is 12.5 Å². The van der Waals surface area contributed by atoms with Crippen LogP contribution in [0.1, 0.15) is 59.8 Å². The third kappa shape index (κ3) is 6.67. The molecule has 2 heteroatoms. The first-order chi connectivity index (χ1) is 7.13. The lowest BCUT2D eigenvalue weighted by Gasteiger charge is -2.18. The Morgan fingerprint density at radius 1 is 1.13 bits per heavy atom. The molecule has 0 radical (unpaired) electrons. The Labute approximate surface area is 94.4 Å². The third-order valence-electron chi connectivity index (χ3n) is 2.50. The van der Waals surface area contributed by atoms with Gasteiger partial charge in [0.1, 0.15) is 6.10 Å². The van der Waals surface area contributed by atoms with E-state index in [0.29, 0.717) is 0 Å².